The van der Waals surface area contributed by atoms with Crippen LogP contribution in [0.5, 0.6) is 0 Å². The zero-order valence-corrected chi connectivity index (χ0v) is 19.6. The molecular formula is C25H24ClN3O5. The van der Waals surface area contributed by atoms with Gasteiger partial charge < -0.3 is 14.5 Å². The van der Waals surface area contributed by atoms with Gasteiger partial charge in [-0.2, -0.15) is 5.10 Å². The normalized spacial score (nSPS) is 11.9. The minimum absolute atomic E-state index is 0.202. The first kappa shape index (κ1) is 24.7. The number of hydrogen-bond donors (Lipinski definition) is 2. The van der Waals surface area contributed by atoms with Gasteiger partial charge in [0.15, 0.2) is 0 Å². The van der Waals surface area contributed by atoms with E-state index in [4.69, 9.17) is 20.8 Å². The molecule has 2 aromatic carbocycles. The number of furan rings is 1. The van der Waals surface area contributed by atoms with Gasteiger partial charge in [0.05, 0.1) is 29.5 Å². The molecule has 0 aliphatic heterocycles. The number of carbonyl (C=O) groups is 3. The van der Waals surface area contributed by atoms with Gasteiger partial charge in [0.1, 0.15) is 17.6 Å². The second kappa shape index (κ2) is 11.3. The highest BCUT2D eigenvalue weighted by atomic mass is 35.5. The van der Waals surface area contributed by atoms with E-state index in [0.29, 0.717) is 27.7 Å². The van der Waals surface area contributed by atoms with Gasteiger partial charge in [-0.15, -0.1) is 0 Å². The van der Waals surface area contributed by atoms with Crippen LogP contribution < -0.4 is 10.7 Å². The zero-order chi connectivity index (χ0) is 24.7. The number of carbonyl (C=O) groups excluding carboxylic acids is 3. The molecule has 1 unspecified atom stereocenters. The lowest BCUT2D eigenvalue weighted by Crippen LogP contribution is -2.48. The van der Waals surface area contributed by atoms with Crippen molar-refractivity contribution in [3.8, 4) is 11.3 Å². The molecule has 0 aliphatic rings. The minimum atomic E-state index is -0.833. The topological polar surface area (TPSA) is 110 Å². The summed E-state index contributed by atoms with van der Waals surface area (Å²) in [4.78, 5) is 37.2. The monoisotopic (exact) mass is 481 g/mol. The number of methoxy groups -OCH3 is 1. The van der Waals surface area contributed by atoms with E-state index in [-0.39, 0.29) is 11.5 Å². The molecule has 2 amide bonds. The summed E-state index contributed by atoms with van der Waals surface area (Å²) in [5, 5.41) is 6.92. The minimum Gasteiger partial charge on any atom is -0.465 e. The second-order valence-electron chi connectivity index (χ2n) is 7.65. The van der Waals surface area contributed by atoms with Gasteiger partial charge in [0, 0.05) is 5.56 Å². The fourth-order valence-corrected chi connectivity index (χ4v) is 3.40. The third kappa shape index (κ3) is 5.90. The number of hydrazone groups is 1. The first-order valence-electron chi connectivity index (χ1n) is 10.5. The summed E-state index contributed by atoms with van der Waals surface area (Å²) in [6.07, 6.45) is 1.33. The fourth-order valence-electron chi connectivity index (χ4n) is 3.18. The number of benzene rings is 2. The van der Waals surface area contributed by atoms with Crippen LogP contribution in [0.2, 0.25) is 5.02 Å². The predicted octanol–water partition coefficient (Wildman–Crippen LogP) is 4.29. The highest BCUT2D eigenvalue weighted by Gasteiger charge is 2.25. The smallest absolute Gasteiger partial charge is 0.338 e. The van der Waals surface area contributed by atoms with Crippen LogP contribution in [0.1, 0.15) is 40.3 Å². The molecule has 8 nitrogen and oxygen atoms in total. The Morgan fingerprint density at radius 3 is 2.35 bits per heavy atom. The maximum atomic E-state index is 12.7. The summed E-state index contributed by atoms with van der Waals surface area (Å²) < 4.78 is 10.5. The molecule has 0 radical (unpaired) electrons. The maximum absolute atomic E-state index is 12.7. The van der Waals surface area contributed by atoms with Gasteiger partial charge >= 0.3 is 5.97 Å². The molecule has 1 aromatic heterocycles. The van der Waals surface area contributed by atoms with Crippen LogP contribution in [-0.4, -0.2) is 37.1 Å². The third-order valence-corrected chi connectivity index (χ3v) is 5.27. The summed E-state index contributed by atoms with van der Waals surface area (Å²) in [6.45, 7) is 3.61. The van der Waals surface area contributed by atoms with Crippen LogP contribution >= 0.6 is 11.6 Å². The lowest BCUT2D eigenvalue weighted by Gasteiger charge is -2.20. The predicted molar refractivity (Wildman–Crippen MR) is 129 cm³/mol. The number of nitrogens with one attached hydrogen (secondary N) is 2. The van der Waals surface area contributed by atoms with Gasteiger partial charge in [0.2, 0.25) is 0 Å². The quantitative estimate of drug-likeness (QED) is 0.283. The van der Waals surface area contributed by atoms with Crippen molar-refractivity contribution in [2.75, 3.05) is 7.11 Å². The number of ether oxygens (including phenoxy) is 1. The van der Waals surface area contributed by atoms with Crippen molar-refractivity contribution < 1.29 is 23.5 Å². The molecule has 0 spiro atoms. The van der Waals surface area contributed by atoms with Crippen LogP contribution in [0.15, 0.2) is 70.2 Å². The number of halogens is 1. The Kier molecular flexibility index (Phi) is 8.21. The molecule has 0 bridgehead atoms. The van der Waals surface area contributed by atoms with E-state index in [9.17, 15) is 14.4 Å². The molecule has 0 saturated heterocycles. The number of hydrogen-bond acceptors (Lipinski definition) is 6. The van der Waals surface area contributed by atoms with Crippen LogP contribution in [0.4, 0.5) is 0 Å². The molecule has 1 heterocycles. The van der Waals surface area contributed by atoms with Gasteiger partial charge in [-0.1, -0.05) is 55.8 Å². The van der Waals surface area contributed by atoms with Crippen LogP contribution in [-0.2, 0) is 9.53 Å². The van der Waals surface area contributed by atoms with Gasteiger partial charge in [-0.05, 0) is 36.2 Å². The second-order valence-corrected chi connectivity index (χ2v) is 8.06. The van der Waals surface area contributed by atoms with Gasteiger partial charge in [-0.3, -0.25) is 9.59 Å². The van der Waals surface area contributed by atoms with E-state index >= 15 is 0 Å². The highest BCUT2D eigenvalue weighted by molar-refractivity contribution is 6.33. The Morgan fingerprint density at radius 1 is 1.00 bits per heavy atom. The van der Waals surface area contributed by atoms with Crippen molar-refractivity contribution in [3.63, 3.8) is 0 Å². The van der Waals surface area contributed by atoms with E-state index < -0.39 is 23.8 Å². The number of nitrogens with zero attached hydrogens (tertiary/aromatic N) is 1. The van der Waals surface area contributed by atoms with Crippen molar-refractivity contribution in [1.82, 2.24) is 10.7 Å². The van der Waals surface area contributed by atoms with Crippen molar-refractivity contribution in [2.45, 2.75) is 19.9 Å². The summed E-state index contributed by atoms with van der Waals surface area (Å²) in [5.41, 5.74) is 3.64. The first-order valence-corrected chi connectivity index (χ1v) is 10.9. The zero-order valence-electron chi connectivity index (χ0n) is 18.9. The molecule has 3 rings (SSSR count). The van der Waals surface area contributed by atoms with Crippen molar-refractivity contribution in [3.05, 3.63) is 82.6 Å². The molecule has 1 atom stereocenters. The van der Waals surface area contributed by atoms with Crippen molar-refractivity contribution >= 4 is 35.6 Å². The van der Waals surface area contributed by atoms with Gasteiger partial charge in [0.25, 0.3) is 11.8 Å². The van der Waals surface area contributed by atoms with Crippen LogP contribution in [0.3, 0.4) is 0 Å². The largest absolute Gasteiger partial charge is 0.465 e. The number of esters is 1. The molecule has 2 N–H and O–H groups in total. The Bertz CT molecular complexity index is 1220. The van der Waals surface area contributed by atoms with Gasteiger partial charge in [-0.25, -0.2) is 10.2 Å². The molecule has 9 heteroatoms. The number of rotatable bonds is 8. The average Bonchev–Trinajstić information content (AvgIpc) is 3.30. The first-order chi connectivity index (χ1) is 16.3. The van der Waals surface area contributed by atoms with Crippen LogP contribution in [0, 0.1) is 5.92 Å². The fraction of sp³-hybridized carbons (Fsp3) is 0.200. The van der Waals surface area contributed by atoms with Crippen molar-refractivity contribution in [2.24, 2.45) is 11.0 Å². The van der Waals surface area contributed by atoms with E-state index in [1.54, 1.807) is 74.5 Å². The van der Waals surface area contributed by atoms with Crippen LogP contribution in [0.25, 0.3) is 11.3 Å². The van der Waals surface area contributed by atoms with Crippen molar-refractivity contribution in [1.29, 1.82) is 0 Å². The molecule has 3 aromatic rings. The number of amides is 2. The Morgan fingerprint density at radius 2 is 1.68 bits per heavy atom. The molecule has 0 fully saturated rings. The molecule has 0 aliphatic carbocycles. The molecule has 0 saturated carbocycles. The Balaban J connectivity index is 1.67. The summed E-state index contributed by atoms with van der Waals surface area (Å²) in [7, 11) is 1.31. The van der Waals surface area contributed by atoms with E-state index in [1.165, 1.54) is 13.3 Å². The SMILES string of the molecule is COC(=O)c1ccccc1-c1ccc(/C=N\NC(=O)C(NC(=O)c2ccccc2Cl)C(C)C)o1. The molecule has 176 valence electrons. The summed E-state index contributed by atoms with van der Waals surface area (Å²) >= 11 is 6.07. The average molecular weight is 482 g/mol. The molecular weight excluding hydrogens is 458 g/mol. The van der Waals surface area contributed by atoms with E-state index in [1.807, 2.05) is 0 Å². The maximum Gasteiger partial charge on any atom is 0.338 e. The summed E-state index contributed by atoms with van der Waals surface area (Å²) in [5.74, 6) is -0.824. The Labute approximate surface area is 201 Å². The third-order valence-electron chi connectivity index (χ3n) is 4.95. The lowest BCUT2D eigenvalue weighted by molar-refractivity contribution is -0.123. The summed E-state index contributed by atoms with van der Waals surface area (Å²) in [6, 6.07) is 16.0. The lowest BCUT2D eigenvalue weighted by atomic mass is 10.0. The van der Waals surface area contributed by atoms with E-state index in [0.717, 1.165) is 0 Å². The Hall–Kier alpha value is -3.91. The standard InChI is InChI=1S/C25H24ClN3O5/c1-15(2)22(28-23(30)19-10-6-7-11-20(19)26)24(31)29-27-14-16-12-13-21(34-16)17-8-4-5-9-18(17)25(32)33-3/h4-15,22H,1-3H3,(H,28,30)(H,29,31)/b27-14-. The molecule has 34 heavy (non-hydrogen) atoms. The van der Waals surface area contributed by atoms with E-state index in [2.05, 4.69) is 15.8 Å². The highest BCUT2D eigenvalue weighted by Crippen LogP contribution is 2.26.